The first-order valence-electron chi connectivity index (χ1n) is 7.69. The summed E-state index contributed by atoms with van der Waals surface area (Å²) < 4.78 is 62.8. The average Bonchev–Trinajstić information content (AvgIpc) is 2.59. The fourth-order valence-corrected chi connectivity index (χ4v) is 2.62. The van der Waals surface area contributed by atoms with Gasteiger partial charge in [0.25, 0.3) is 0 Å². The Morgan fingerprint density at radius 3 is 2.19 bits per heavy atom. The van der Waals surface area contributed by atoms with Gasteiger partial charge in [0.1, 0.15) is 29.7 Å². The highest BCUT2D eigenvalue weighted by atomic mass is 19.3. The molecule has 3 aromatic carbocycles. The normalized spacial score (nSPS) is 11.0. The summed E-state index contributed by atoms with van der Waals surface area (Å²) >= 11 is 0. The van der Waals surface area contributed by atoms with E-state index in [1.54, 1.807) is 18.2 Å². The standard InChI is InChI=1S/C20H14F4O2/c1-2-7-25-16-10-17(21)19(18(22)11-16)14-4-3-13-9-15(26-20(23)24)6-5-12(13)8-14/h2-6,8-11,20H,1,7H2. The van der Waals surface area contributed by atoms with E-state index in [0.717, 1.165) is 12.1 Å². The molecule has 26 heavy (non-hydrogen) atoms. The van der Waals surface area contributed by atoms with Crippen molar-refractivity contribution in [3.8, 4) is 22.6 Å². The Labute approximate surface area is 147 Å². The summed E-state index contributed by atoms with van der Waals surface area (Å²) in [5.74, 6) is -1.44. The average molecular weight is 362 g/mol. The maximum Gasteiger partial charge on any atom is 0.387 e. The quantitative estimate of drug-likeness (QED) is 0.398. The molecule has 0 atom stereocenters. The first-order chi connectivity index (χ1) is 12.5. The van der Waals surface area contributed by atoms with Crippen molar-refractivity contribution in [1.82, 2.24) is 0 Å². The van der Waals surface area contributed by atoms with Crippen LogP contribution in [-0.2, 0) is 0 Å². The molecule has 0 heterocycles. The molecular formula is C20H14F4O2. The van der Waals surface area contributed by atoms with Crippen molar-refractivity contribution in [1.29, 1.82) is 0 Å². The summed E-state index contributed by atoms with van der Waals surface area (Å²) in [5.41, 5.74) is 0.135. The summed E-state index contributed by atoms with van der Waals surface area (Å²) in [7, 11) is 0. The molecule has 0 aromatic heterocycles. The molecule has 0 aliphatic heterocycles. The second-order valence-corrected chi connectivity index (χ2v) is 5.46. The van der Waals surface area contributed by atoms with Crippen LogP contribution in [0.3, 0.4) is 0 Å². The lowest BCUT2D eigenvalue weighted by Crippen LogP contribution is -2.01. The van der Waals surface area contributed by atoms with Gasteiger partial charge in [-0.15, -0.1) is 0 Å². The lowest BCUT2D eigenvalue weighted by Gasteiger charge is -2.11. The van der Waals surface area contributed by atoms with E-state index in [2.05, 4.69) is 11.3 Å². The predicted octanol–water partition coefficient (Wildman–Crippen LogP) is 5.95. The van der Waals surface area contributed by atoms with Crippen molar-refractivity contribution < 1.29 is 27.0 Å². The molecule has 6 heteroatoms. The third kappa shape index (κ3) is 3.79. The molecule has 0 saturated carbocycles. The van der Waals surface area contributed by atoms with Crippen LogP contribution in [0.5, 0.6) is 11.5 Å². The minimum absolute atomic E-state index is 0.0151. The zero-order chi connectivity index (χ0) is 18.7. The Hall–Kier alpha value is -3.02. The van der Waals surface area contributed by atoms with Crippen molar-refractivity contribution in [2.45, 2.75) is 6.61 Å². The lowest BCUT2D eigenvalue weighted by atomic mass is 10.00. The van der Waals surface area contributed by atoms with E-state index in [4.69, 9.17) is 4.74 Å². The van der Waals surface area contributed by atoms with E-state index < -0.39 is 18.2 Å². The molecule has 0 fully saturated rings. The van der Waals surface area contributed by atoms with E-state index in [9.17, 15) is 17.6 Å². The minimum Gasteiger partial charge on any atom is -0.489 e. The molecular weight excluding hydrogens is 348 g/mol. The van der Waals surface area contributed by atoms with Gasteiger partial charge in [-0.3, -0.25) is 0 Å². The first kappa shape index (κ1) is 17.8. The number of fused-ring (bicyclic) bond motifs is 1. The fourth-order valence-electron chi connectivity index (χ4n) is 2.62. The number of rotatable bonds is 6. The van der Waals surface area contributed by atoms with Crippen LogP contribution in [0.15, 0.2) is 61.2 Å². The van der Waals surface area contributed by atoms with Gasteiger partial charge in [-0.25, -0.2) is 8.78 Å². The van der Waals surface area contributed by atoms with Crippen LogP contribution in [0.25, 0.3) is 21.9 Å². The number of ether oxygens (including phenoxy) is 2. The summed E-state index contributed by atoms with van der Waals surface area (Å²) in [5, 5.41) is 1.24. The second-order valence-electron chi connectivity index (χ2n) is 5.46. The van der Waals surface area contributed by atoms with Gasteiger partial charge in [-0.1, -0.05) is 30.9 Å². The Kier molecular flexibility index (Phi) is 5.11. The molecule has 0 spiro atoms. The molecule has 0 N–H and O–H groups in total. The Morgan fingerprint density at radius 1 is 0.885 bits per heavy atom. The predicted molar refractivity (Wildman–Crippen MR) is 91.6 cm³/mol. The van der Waals surface area contributed by atoms with Gasteiger partial charge < -0.3 is 9.47 Å². The van der Waals surface area contributed by atoms with Gasteiger partial charge in [0.15, 0.2) is 0 Å². The number of halogens is 4. The fraction of sp³-hybridized carbons (Fsp3) is 0.100. The molecule has 0 bridgehead atoms. The van der Waals surface area contributed by atoms with E-state index >= 15 is 0 Å². The van der Waals surface area contributed by atoms with Crippen LogP contribution >= 0.6 is 0 Å². The minimum atomic E-state index is -2.92. The van der Waals surface area contributed by atoms with Crippen LogP contribution < -0.4 is 9.47 Å². The van der Waals surface area contributed by atoms with Crippen molar-refractivity contribution in [3.63, 3.8) is 0 Å². The topological polar surface area (TPSA) is 18.5 Å². The van der Waals surface area contributed by atoms with Gasteiger partial charge in [-0.05, 0) is 34.5 Å². The van der Waals surface area contributed by atoms with Crippen LogP contribution in [0.2, 0.25) is 0 Å². The molecule has 0 radical (unpaired) electrons. The van der Waals surface area contributed by atoms with Crippen LogP contribution in [0.1, 0.15) is 0 Å². The Morgan fingerprint density at radius 2 is 1.54 bits per heavy atom. The highest BCUT2D eigenvalue weighted by molar-refractivity contribution is 5.88. The Bertz CT molecular complexity index is 931. The molecule has 2 nitrogen and oxygen atoms in total. The summed E-state index contributed by atoms with van der Waals surface area (Å²) in [6.07, 6.45) is 1.47. The molecule has 0 saturated heterocycles. The molecule has 0 aliphatic rings. The van der Waals surface area contributed by atoms with Gasteiger partial charge in [0, 0.05) is 12.1 Å². The number of benzene rings is 3. The number of hydrogen-bond acceptors (Lipinski definition) is 2. The summed E-state index contributed by atoms with van der Waals surface area (Å²) in [6, 6.07) is 11.2. The monoisotopic (exact) mass is 362 g/mol. The van der Waals surface area contributed by atoms with Gasteiger partial charge in [0.2, 0.25) is 0 Å². The van der Waals surface area contributed by atoms with Crippen molar-refractivity contribution in [2.24, 2.45) is 0 Å². The van der Waals surface area contributed by atoms with E-state index in [0.29, 0.717) is 16.3 Å². The molecule has 3 rings (SSSR count). The largest absolute Gasteiger partial charge is 0.489 e. The van der Waals surface area contributed by atoms with E-state index in [1.807, 2.05) is 0 Å². The maximum absolute atomic E-state index is 14.4. The maximum atomic E-state index is 14.4. The first-order valence-corrected chi connectivity index (χ1v) is 7.69. The third-order valence-corrected chi connectivity index (χ3v) is 3.71. The van der Waals surface area contributed by atoms with Crippen molar-refractivity contribution >= 4 is 10.8 Å². The number of hydrogen-bond donors (Lipinski definition) is 0. The van der Waals surface area contributed by atoms with Gasteiger partial charge in [-0.2, -0.15) is 8.78 Å². The van der Waals surface area contributed by atoms with E-state index in [-0.39, 0.29) is 23.7 Å². The van der Waals surface area contributed by atoms with Gasteiger partial charge in [0.05, 0.1) is 5.56 Å². The summed E-state index contributed by atoms with van der Waals surface area (Å²) in [6.45, 7) is 0.690. The third-order valence-electron chi connectivity index (χ3n) is 3.71. The zero-order valence-corrected chi connectivity index (χ0v) is 13.5. The lowest BCUT2D eigenvalue weighted by molar-refractivity contribution is -0.0497. The molecule has 0 aliphatic carbocycles. The van der Waals surface area contributed by atoms with Crippen LogP contribution in [-0.4, -0.2) is 13.2 Å². The van der Waals surface area contributed by atoms with Crippen LogP contribution in [0.4, 0.5) is 17.6 Å². The van der Waals surface area contributed by atoms with Crippen molar-refractivity contribution in [2.75, 3.05) is 6.61 Å². The highest BCUT2D eigenvalue weighted by Crippen LogP contribution is 2.32. The molecule has 3 aromatic rings. The van der Waals surface area contributed by atoms with Crippen LogP contribution in [0, 0.1) is 11.6 Å². The van der Waals surface area contributed by atoms with Crippen molar-refractivity contribution in [3.05, 3.63) is 72.8 Å². The number of alkyl halides is 2. The highest BCUT2D eigenvalue weighted by Gasteiger charge is 2.15. The zero-order valence-electron chi connectivity index (χ0n) is 13.5. The summed E-state index contributed by atoms with van der Waals surface area (Å²) in [4.78, 5) is 0. The second kappa shape index (κ2) is 7.47. The SMILES string of the molecule is C=CCOc1cc(F)c(-c2ccc3cc(OC(F)F)ccc3c2)c(F)c1. The van der Waals surface area contributed by atoms with Gasteiger partial charge >= 0.3 is 6.61 Å². The Balaban J connectivity index is 1.98. The molecule has 0 amide bonds. The molecule has 134 valence electrons. The molecule has 0 unspecified atom stereocenters. The van der Waals surface area contributed by atoms with E-state index in [1.165, 1.54) is 24.3 Å². The smallest absolute Gasteiger partial charge is 0.387 e.